The molecule has 2 atom stereocenters. The molecule has 2 unspecified atom stereocenters. The third-order valence-corrected chi connectivity index (χ3v) is 2.80. The van der Waals surface area contributed by atoms with Crippen LogP contribution in [-0.2, 0) is 4.74 Å². The molecule has 0 spiro atoms. The topological polar surface area (TPSA) is 29.5 Å². The number of rotatable bonds is 2. The van der Waals surface area contributed by atoms with Gasteiger partial charge >= 0.3 is 0 Å². The summed E-state index contributed by atoms with van der Waals surface area (Å²) >= 11 is 0. The monoisotopic (exact) mass is 192 g/mol. The lowest BCUT2D eigenvalue weighted by Crippen LogP contribution is -2.09. The summed E-state index contributed by atoms with van der Waals surface area (Å²) in [4.78, 5) is 0. The summed E-state index contributed by atoms with van der Waals surface area (Å²) in [6.45, 7) is 2.99. The molecule has 2 nitrogen and oxygen atoms in total. The fourth-order valence-corrected chi connectivity index (χ4v) is 1.99. The van der Waals surface area contributed by atoms with Gasteiger partial charge in [-0.1, -0.05) is 29.8 Å². The van der Waals surface area contributed by atoms with Crippen LogP contribution in [-0.4, -0.2) is 24.4 Å². The summed E-state index contributed by atoms with van der Waals surface area (Å²) < 4.78 is 5.46. The Morgan fingerprint density at radius 1 is 1.50 bits per heavy atom. The van der Waals surface area contributed by atoms with Crippen LogP contribution in [0.4, 0.5) is 0 Å². The number of hydrogen-bond donors (Lipinski definition) is 1. The number of ether oxygens (including phenoxy) is 1. The van der Waals surface area contributed by atoms with Crippen LogP contribution in [0.15, 0.2) is 24.3 Å². The average molecular weight is 192 g/mol. The zero-order valence-corrected chi connectivity index (χ0v) is 8.44. The summed E-state index contributed by atoms with van der Waals surface area (Å²) in [5.41, 5.74) is 2.62. The number of aliphatic hydroxyl groups excluding tert-OH is 1. The Labute approximate surface area is 84.5 Å². The molecule has 1 aromatic carbocycles. The Morgan fingerprint density at radius 2 is 2.36 bits per heavy atom. The molecule has 0 amide bonds. The van der Waals surface area contributed by atoms with Crippen molar-refractivity contribution in [2.45, 2.75) is 25.4 Å². The summed E-state index contributed by atoms with van der Waals surface area (Å²) in [7, 11) is 0. The van der Waals surface area contributed by atoms with Crippen LogP contribution < -0.4 is 0 Å². The minimum Gasteiger partial charge on any atom is -0.394 e. The Morgan fingerprint density at radius 3 is 3.00 bits per heavy atom. The summed E-state index contributed by atoms with van der Waals surface area (Å²) in [6.07, 6.45) is 0.987. The van der Waals surface area contributed by atoms with Gasteiger partial charge in [-0.15, -0.1) is 0 Å². The fourth-order valence-electron chi connectivity index (χ4n) is 1.99. The first-order chi connectivity index (χ1) is 6.79. The average Bonchev–Trinajstić information content (AvgIpc) is 2.66. The normalized spacial score (nSPS) is 26.7. The lowest BCUT2D eigenvalue weighted by Gasteiger charge is -2.08. The SMILES string of the molecule is Cc1cccc(C2COC(CO)C2)c1. The molecule has 0 aliphatic carbocycles. The van der Waals surface area contributed by atoms with Crippen LogP contribution in [0.1, 0.15) is 23.5 Å². The molecule has 0 bridgehead atoms. The van der Waals surface area contributed by atoms with E-state index in [1.165, 1.54) is 11.1 Å². The van der Waals surface area contributed by atoms with Crippen LogP contribution in [0, 0.1) is 6.92 Å². The van der Waals surface area contributed by atoms with Gasteiger partial charge in [0.1, 0.15) is 0 Å². The minimum absolute atomic E-state index is 0.0421. The van der Waals surface area contributed by atoms with Crippen molar-refractivity contribution in [2.75, 3.05) is 13.2 Å². The molecule has 0 radical (unpaired) electrons. The predicted molar refractivity (Wildman–Crippen MR) is 55.4 cm³/mol. The maximum atomic E-state index is 8.96. The van der Waals surface area contributed by atoms with Gasteiger partial charge in [0.05, 0.1) is 19.3 Å². The van der Waals surface area contributed by atoms with Crippen molar-refractivity contribution in [1.29, 1.82) is 0 Å². The van der Waals surface area contributed by atoms with Crippen LogP contribution in [0.2, 0.25) is 0 Å². The van der Waals surface area contributed by atoms with Gasteiger partial charge in [-0.05, 0) is 18.9 Å². The van der Waals surface area contributed by atoms with E-state index in [-0.39, 0.29) is 12.7 Å². The van der Waals surface area contributed by atoms with Crippen molar-refractivity contribution in [2.24, 2.45) is 0 Å². The van der Waals surface area contributed by atoms with Gasteiger partial charge in [-0.25, -0.2) is 0 Å². The van der Waals surface area contributed by atoms with Gasteiger partial charge in [0, 0.05) is 5.92 Å². The molecule has 1 aromatic rings. The first-order valence-corrected chi connectivity index (χ1v) is 5.08. The Balaban J connectivity index is 2.09. The van der Waals surface area contributed by atoms with E-state index in [0.29, 0.717) is 5.92 Å². The highest BCUT2D eigenvalue weighted by atomic mass is 16.5. The van der Waals surface area contributed by atoms with E-state index in [1.807, 2.05) is 0 Å². The third-order valence-electron chi connectivity index (χ3n) is 2.80. The van der Waals surface area contributed by atoms with Crippen LogP contribution in [0.25, 0.3) is 0 Å². The molecular formula is C12H16O2. The Bertz CT molecular complexity index is 309. The Hall–Kier alpha value is -0.860. The fraction of sp³-hybridized carbons (Fsp3) is 0.500. The zero-order chi connectivity index (χ0) is 9.97. The molecule has 14 heavy (non-hydrogen) atoms. The molecule has 1 aliphatic rings. The van der Waals surface area contributed by atoms with Gasteiger partial charge < -0.3 is 9.84 Å². The van der Waals surface area contributed by atoms with Crippen molar-refractivity contribution in [3.63, 3.8) is 0 Å². The molecule has 1 aliphatic heterocycles. The second kappa shape index (κ2) is 4.11. The molecule has 1 heterocycles. The second-order valence-electron chi connectivity index (χ2n) is 3.98. The molecule has 2 heteroatoms. The first kappa shape index (κ1) is 9.69. The highest BCUT2D eigenvalue weighted by Crippen LogP contribution is 2.29. The first-order valence-electron chi connectivity index (χ1n) is 5.08. The van der Waals surface area contributed by atoms with E-state index < -0.39 is 0 Å². The standard InChI is InChI=1S/C12H16O2/c1-9-3-2-4-10(5-9)11-6-12(7-13)14-8-11/h2-5,11-13H,6-8H2,1H3. The van der Waals surface area contributed by atoms with E-state index in [9.17, 15) is 0 Å². The highest BCUT2D eigenvalue weighted by molar-refractivity contribution is 5.26. The van der Waals surface area contributed by atoms with E-state index in [4.69, 9.17) is 9.84 Å². The van der Waals surface area contributed by atoms with Crippen molar-refractivity contribution in [1.82, 2.24) is 0 Å². The molecular weight excluding hydrogens is 176 g/mol. The lowest BCUT2D eigenvalue weighted by molar-refractivity contribution is 0.0585. The van der Waals surface area contributed by atoms with Gasteiger partial charge in [0.25, 0.3) is 0 Å². The lowest BCUT2D eigenvalue weighted by atomic mass is 9.95. The molecule has 0 aromatic heterocycles. The zero-order valence-electron chi connectivity index (χ0n) is 8.44. The van der Waals surface area contributed by atoms with E-state index in [1.54, 1.807) is 0 Å². The molecule has 1 saturated heterocycles. The van der Waals surface area contributed by atoms with Crippen molar-refractivity contribution in [3.05, 3.63) is 35.4 Å². The second-order valence-corrected chi connectivity index (χ2v) is 3.98. The molecule has 2 rings (SSSR count). The van der Waals surface area contributed by atoms with E-state index in [2.05, 4.69) is 31.2 Å². The van der Waals surface area contributed by atoms with Crippen molar-refractivity contribution >= 4 is 0 Å². The minimum atomic E-state index is 0.0421. The smallest absolute Gasteiger partial charge is 0.0812 e. The van der Waals surface area contributed by atoms with Crippen LogP contribution in [0.5, 0.6) is 0 Å². The van der Waals surface area contributed by atoms with Gasteiger partial charge in [-0.2, -0.15) is 0 Å². The predicted octanol–water partition coefficient (Wildman–Crippen LogP) is 1.86. The number of aliphatic hydroxyl groups is 1. The Kier molecular flexibility index (Phi) is 2.85. The summed E-state index contributed by atoms with van der Waals surface area (Å²) in [5, 5.41) is 8.96. The number of hydrogen-bond acceptors (Lipinski definition) is 2. The van der Waals surface area contributed by atoms with E-state index in [0.717, 1.165) is 13.0 Å². The summed E-state index contributed by atoms with van der Waals surface area (Å²) in [5.74, 6) is 0.465. The molecule has 1 N–H and O–H groups in total. The van der Waals surface area contributed by atoms with Crippen molar-refractivity contribution in [3.8, 4) is 0 Å². The largest absolute Gasteiger partial charge is 0.394 e. The summed E-state index contributed by atoms with van der Waals surface area (Å²) in [6, 6.07) is 8.52. The van der Waals surface area contributed by atoms with Crippen molar-refractivity contribution < 1.29 is 9.84 Å². The van der Waals surface area contributed by atoms with E-state index >= 15 is 0 Å². The molecule has 76 valence electrons. The quantitative estimate of drug-likeness (QED) is 0.775. The van der Waals surface area contributed by atoms with Crippen LogP contribution in [0.3, 0.4) is 0 Å². The maximum Gasteiger partial charge on any atom is 0.0812 e. The van der Waals surface area contributed by atoms with Crippen LogP contribution >= 0.6 is 0 Å². The maximum absolute atomic E-state index is 8.96. The number of aryl methyl sites for hydroxylation is 1. The van der Waals surface area contributed by atoms with Gasteiger partial charge in [0.2, 0.25) is 0 Å². The highest BCUT2D eigenvalue weighted by Gasteiger charge is 2.25. The van der Waals surface area contributed by atoms with Gasteiger partial charge in [0.15, 0.2) is 0 Å². The number of benzene rings is 1. The van der Waals surface area contributed by atoms with Gasteiger partial charge in [-0.3, -0.25) is 0 Å². The molecule has 0 saturated carbocycles. The third kappa shape index (κ3) is 1.97. The molecule has 1 fully saturated rings.